The van der Waals surface area contributed by atoms with E-state index in [0.717, 1.165) is 37.0 Å². The molecule has 14 heavy (non-hydrogen) atoms. The zero-order valence-electron chi connectivity index (χ0n) is 7.96. The molecule has 4 saturated carbocycles. The molecule has 4 fully saturated rings. The summed E-state index contributed by atoms with van der Waals surface area (Å²) in [6.45, 7) is 0. The predicted octanol–water partition coefficient (Wildman–Crippen LogP) is 1.04. The van der Waals surface area contributed by atoms with E-state index in [-0.39, 0.29) is 30.2 Å². The van der Waals surface area contributed by atoms with Gasteiger partial charge in [-0.2, -0.15) is 0 Å². The monoisotopic (exact) mass is 187 g/mol. The van der Waals surface area contributed by atoms with Gasteiger partial charge < -0.3 is 5.73 Å². The maximum atomic E-state index is 11.5. The van der Waals surface area contributed by atoms with Gasteiger partial charge in [0.15, 0.2) is 0 Å². The van der Waals surface area contributed by atoms with Crippen LogP contribution in [0.5, 0.6) is 0 Å². The van der Waals surface area contributed by atoms with E-state index >= 15 is 0 Å². The molecule has 0 unspecified atom stereocenters. The summed E-state index contributed by atoms with van der Waals surface area (Å²) in [6.07, 6.45) is 7.46. The molecule has 4 aliphatic carbocycles. The van der Waals surface area contributed by atoms with E-state index in [1.165, 1.54) is 19.3 Å². The van der Waals surface area contributed by atoms with Crippen LogP contribution in [0.1, 0.15) is 38.5 Å². The quantitative estimate of drug-likeness (QED) is 0.612. The summed E-state index contributed by atoms with van der Waals surface area (Å²) in [6, 6.07) is 0. The van der Waals surface area contributed by atoms with E-state index < -0.39 is 0 Å². The first-order valence-corrected chi connectivity index (χ1v) is 5.48. The number of carbonyl (C=O) groups is 1. The van der Waals surface area contributed by atoms with Crippen molar-refractivity contribution in [2.24, 2.45) is 28.9 Å². The van der Waals surface area contributed by atoms with Crippen molar-refractivity contribution in [3.63, 3.8) is 0 Å². The molecular weight excluding hydrogens is 169 g/mol. The van der Waals surface area contributed by atoms with Gasteiger partial charge in [0.05, 0.1) is 0 Å². The molecule has 0 aliphatic heterocycles. The minimum absolute atomic E-state index is 0. The summed E-state index contributed by atoms with van der Waals surface area (Å²) in [5.74, 6) is 2.49. The first kappa shape index (κ1) is 10.6. The molecule has 0 atom stereocenters. The third-order valence-corrected chi connectivity index (χ3v) is 4.56. The molecular formula is C11H18LiNO. The standard InChI is InChI=1S/C11H17NO.Li.H/c12-10(13)11-4-7-1-8(5-11)3-9(2-7)6-11;;/h7-9H,1-6H2,(H2,12,13);;. The fourth-order valence-corrected chi connectivity index (χ4v) is 4.41. The van der Waals surface area contributed by atoms with Gasteiger partial charge in [0, 0.05) is 5.41 Å². The van der Waals surface area contributed by atoms with Gasteiger partial charge >= 0.3 is 18.9 Å². The van der Waals surface area contributed by atoms with Crippen LogP contribution in [0.4, 0.5) is 0 Å². The third kappa shape index (κ3) is 1.35. The number of amides is 1. The van der Waals surface area contributed by atoms with Crippen LogP contribution in [-0.4, -0.2) is 24.8 Å². The second-order valence-electron chi connectivity index (χ2n) is 5.56. The van der Waals surface area contributed by atoms with Crippen molar-refractivity contribution in [1.82, 2.24) is 0 Å². The molecule has 3 heteroatoms. The molecule has 0 aromatic heterocycles. The van der Waals surface area contributed by atoms with Crippen molar-refractivity contribution in [2.45, 2.75) is 38.5 Å². The maximum absolute atomic E-state index is 11.5. The van der Waals surface area contributed by atoms with Crippen molar-refractivity contribution in [3.05, 3.63) is 0 Å². The number of primary amides is 1. The van der Waals surface area contributed by atoms with E-state index in [0.29, 0.717) is 0 Å². The van der Waals surface area contributed by atoms with Crippen molar-refractivity contribution in [3.8, 4) is 0 Å². The van der Waals surface area contributed by atoms with Gasteiger partial charge in [0.25, 0.3) is 0 Å². The van der Waals surface area contributed by atoms with E-state index in [4.69, 9.17) is 5.73 Å². The Morgan fingerprint density at radius 3 is 1.64 bits per heavy atom. The summed E-state index contributed by atoms with van der Waals surface area (Å²) in [4.78, 5) is 11.5. The van der Waals surface area contributed by atoms with Gasteiger partial charge in [-0.05, 0) is 56.3 Å². The summed E-state index contributed by atoms with van der Waals surface area (Å²) in [7, 11) is 0. The van der Waals surface area contributed by atoms with Crippen LogP contribution in [0.15, 0.2) is 0 Å². The van der Waals surface area contributed by atoms with Crippen LogP contribution in [0.3, 0.4) is 0 Å². The zero-order valence-corrected chi connectivity index (χ0v) is 7.96. The molecule has 4 rings (SSSR count). The van der Waals surface area contributed by atoms with Crippen LogP contribution >= 0.6 is 0 Å². The zero-order chi connectivity index (χ0) is 9.05. The van der Waals surface area contributed by atoms with Gasteiger partial charge in [-0.3, -0.25) is 4.79 Å². The molecule has 74 valence electrons. The van der Waals surface area contributed by atoms with Gasteiger partial charge in [-0.15, -0.1) is 0 Å². The van der Waals surface area contributed by atoms with E-state index in [2.05, 4.69) is 0 Å². The molecule has 0 aromatic rings. The van der Waals surface area contributed by atoms with Crippen molar-refractivity contribution in [1.29, 1.82) is 0 Å². The Labute approximate surface area is 97.2 Å². The van der Waals surface area contributed by atoms with Gasteiger partial charge in [0.1, 0.15) is 0 Å². The number of hydrogen-bond donors (Lipinski definition) is 1. The average Bonchev–Trinajstić information content (AvgIpc) is 2.00. The van der Waals surface area contributed by atoms with Crippen molar-refractivity contribution < 1.29 is 4.79 Å². The molecule has 1 amide bonds. The Bertz CT molecular complexity index is 229. The average molecular weight is 187 g/mol. The summed E-state index contributed by atoms with van der Waals surface area (Å²) < 4.78 is 0. The fourth-order valence-electron chi connectivity index (χ4n) is 4.41. The SMILES string of the molecule is NC(=O)C12CC3CC(CC(C3)C1)C2.[LiH]. The Morgan fingerprint density at radius 1 is 1.00 bits per heavy atom. The van der Waals surface area contributed by atoms with Gasteiger partial charge in [-0.1, -0.05) is 0 Å². The minimum atomic E-state index is -0.0608. The molecule has 2 N–H and O–H groups in total. The van der Waals surface area contributed by atoms with Gasteiger partial charge in [0.2, 0.25) is 5.91 Å². The topological polar surface area (TPSA) is 43.1 Å². The molecule has 4 aliphatic rings. The first-order valence-electron chi connectivity index (χ1n) is 5.48. The number of carbonyl (C=O) groups excluding carboxylic acids is 1. The Kier molecular flexibility index (Phi) is 2.48. The predicted molar refractivity (Wildman–Crippen MR) is 56.9 cm³/mol. The Morgan fingerprint density at radius 2 is 1.36 bits per heavy atom. The molecule has 2 nitrogen and oxygen atoms in total. The fraction of sp³-hybridized carbons (Fsp3) is 0.909. The number of rotatable bonds is 1. The molecule has 0 radical (unpaired) electrons. The van der Waals surface area contributed by atoms with E-state index in [9.17, 15) is 4.79 Å². The van der Waals surface area contributed by atoms with Crippen LogP contribution in [-0.2, 0) is 4.79 Å². The summed E-state index contributed by atoms with van der Waals surface area (Å²) >= 11 is 0. The van der Waals surface area contributed by atoms with Gasteiger partial charge in [-0.25, -0.2) is 0 Å². The molecule has 4 bridgehead atoms. The van der Waals surface area contributed by atoms with Crippen LogP contribution < -0.4 is 5.73 Å². The second kappa shape index (κ2) is 3.29. The molecule has 0 spiro atoms. The Hall–Kier alpha value is 0.0674. The van der Waals surface area contributed by atoms with Crippen molar-refractivity contribution in [2.75, 3.05) is 0 Å². The van der Waals surface area contributed by atoms with E-state index in [1.807, 2.05) is 0 Å². The normalized spacial score (nSPS) is 48.7. The van der Waals surface area contributed by atoms with Crippen LogP contribution in [0.25, 0.3) is 0 Å². The second-order valence-corrected chi connectivity index (χ2v) is 5.56. The van der Waals surface area contributed by atoms with E-state index in [1.54, 1.807) is 0 Å². The Balaban J connectivity index is 0.000000750. The first-order chi connectivity index (χ1) is 6.18. The number of hydrogen-bond acceptors (Lipinski definition) is 1. The molecule has 0 aromatic carbocycles. The third-order valence-electron chi connectivity index (χ3n) is 4.56. The van der Waals surface area contributed by atoms with Crippen LogP contribution in [0.2, 0.25) is 0 Å². The molecule has 0 saturated heterocycles. The number of nitrogens with two attached hydrogens (primary N) is 1. The summed E-state index contributed by atoms with van der Waals surface area (Å²) in [5, 5.41) is 0. The molecule has 0 heterocycles. The summed E-state index contributed by atoms with van der Waals surface area (Å²) in [5.41, 5.74) is 5.49. The van der Waals surface area contributed by atoms with Crippen molar-refractivity contribution >= 4 is 24.8 Å². The van der Waals surface area contributed by atoms with Crippen LogP contribution in [0, 0.1) is 23.2 Å².